The van der Waals surface area contributed by atoms with Gasteiger partial charge in [0.1, 0.15) is 24.7 Å². The largest absolute Gasteiger partial charge is 0.489 e. The number of benzene rings is 3. The van der Waals surface area contributed by atoms with Crippen LogP contribution in [0, 0.1) is 0 Å². The van der Waals surface area contributed by atoms with Crippen molar-refractivity contribution in [3.8, 4) is 11.5 Å². The minimum Gasteiger partial charge on any atom is -0.489 e. The van der Waals surface area contributed by atoms with Crippen molar-refractivity contribution in [3.05, 3.63) is 95.1 Å². The van der Waals surface area contributed by atoms with Gasteiger partial charge in [0.05, 0.1) is 11.7 Å². The van der Waals surface area contributed by atoms with Gasteiger partial charge in [0.15, 0.2) is 0 Å². The van der Waals surface area contributed by atoms with E-state index in [0.29, 0.717) is 13.2 Å². The molecule has 0 N–H and O–H groups in total. The Morgan fingerprint density at radius 3 is 1.74 bits per heavy atom. The van der Waals surface area contributed by atoms with Gasteiger partial charge in [-0.2, -0.15) is 0 Å². The van der Waals surface area contributed by atoms with Gasteiger partial charge in [-0.3, -0.25) is 0 Å². The van der Waals surface area contributed by atoms with E-state index in [1.807, 2.05) is 36.4 Å². The van der Waals surface area contributed by atoms with Crippen LogP contribution < -0.4 is 9.47 Å². The number of fused-ring (bicyclic) bond motifs is 1. The summed E-state index contributed by atoms with van der Waals surface area (Å²) in [5.74, 6) is 1.90. The van der Waals surface area contributed by atoms with Gasteiger partial charge in [-0.25, -0.2) is 0 Å². The summed E-state index contributed by atoms with van der Waals surface area (Å²) in [5, 5.41) is 0. The van der Waals surface area contributed by atoms with Crippen LogP contribution in [0.1, 0.15) is 49.4 Å². The average Bonchev–Trinajstić information content (AvgIpc) is 2.77. The molecule has 162 valence electrons. The summed E-state index contributed by atoms with van der Waals surface area (Å²) in [4.78, 5) is 0. The average molecular weight is 417 g/mol. The van der Waals surface area contributed by atoms with E-state index in [2.05, 4.69) is 57.2 Å². The van der Waals surface area contributed by atoms with Crippen molar-refractivity contribution in [2.75, 3.05) is 0 Å². The van der Waals surface area contributed by atoms with E-state index in [0.717, 1.165) is 30.8 Å². The van der Waals surface area contributed by atoms with E-state index >= 15 is 0 Å². The van der Waals surface area contributed by atoms with Crippen molar-refractivity contribution in [1.82, 2.24) is 0 Å². The third-order valence-corrected chi connectivity index (χ3v) is 5.49. The molecule has 4 rings (SSSR count). The Hall–Kier alpha value is -2.78. The third kappa shape index (κ3) is 5.89. The van der Waals surface area contributed by atoms with E-state index < -0.39 is 0 Å². The first-order valence-electron chi connectivity index (χ1n) is 11.1. The molecule has 0 spiro atoms. The molecular formula is C28H32O3. The lowest BCUT2D eigenvalue weighted by atomic mass is 9.88. The molecule has 0 radical (unpaired) electrons. The van der Waals surface area contributed by atoms with Crippen molar-refractivity contribution in [2.24, 2.45) is 0 Å². The van der Waals surface area contributed by atoms with E-state index in [4.69, 9.17) is 14.2 Å². The topological polar surface area (TPSA) is 27.7 Å². The predicted octanol–water partition coefficient (Wildman–Crippen LogP) is 6.52. The molecule has 0 saturated heterocycles. The van der Waals surface area contributed by atoms with Crippen molar-refractivity contribution in [1.29, 1.82) is 0 Å². The fourth-order valence-corrected chi connectivity index (χ4v) is 4.12. The van der Waals surface area contributed by atoms with Crippen LogP contribution in [0.5, 0.6) is 11.5 Å². The smallest absolute Gasteiger partial charge is 0.123 e. The van der Waals surface area contributed by atoms with Crippen molar-refractivity contribution in [3.63, 3.8) is 0 Å². The molecule has 0 saturated carbocycles. The highest BCUT2D eigenvalue weighted by molar-refractivity contribution is 5.50. The Labute approximate surface area is 186 Å². The SMILES string of the molecule is CC(C)(C)OC1CCc2c(OCc3ccccc3)ccc(OCc3ccccc3)c2C1. The van der Waals surface area contributed by atoms with Crippen LogP contribution in [0.15, 0.2) is 72.8 Å². The summed E-state index contributed by atoms with van der Waals surface area (Å²) in [6.45, 7) is 7.49. The Bertz CT molecular complexity index is 974. The molecule has 1 aliphatic carbocycles. The second-order valence-electron chi connectivity index (χ2n) is 9.16. The van der Waals surface area contributed by atoms with Gasteiger partial charge in [-0.15, -0.1) is 0 Å². The van der Waals surface area contributed by atoms with E-state index in [1.54, 1.807) is 0 Å². The molecule has 0 aliphatic heterocycles. The molecule has 0 fully saturated rings. The molecule has 1 atom stereocenters. The van der Waals surface area contributed by atoms with Crippen LogP contribution in [0.3, 0.4) is 0 Å². The molecule has 3 nitrogen and oxygen atoms in total. The van der Waals surface area contributed by atoms with Gasteiger partial charge in [0.2, 0.25) is 0 Å². The molecule has 3 aromatic carbocycles. The van der Waals surface area contributed by atoms with E-state index in [9.17, 15) is 0 Å². The minimum absolute atomic E-state index is 0.158. The predicted molar refractivity (Wildman–Crippen MR) is 125 cm³/mol. The number of rotatable bonds is 7. The Morgan fingerprint density at radius 1 is 0.710 bits per heavy atom. The van der Waals surface area contributed by atoms with Crippen molar-refractivity contribution < 1.29 is 14.2 Å². The van der Waals surface area contributed by atoms with E-state index in [1.165, 1.54) is 22.3 Å². The summed E-state index contributed by atoms with van der Waals surface area (Å²) in [6, 6.07) is 24.7. The summed E-state index contributed by atoms with van der Waals surface area (Å²) in [5.41, 5.74) is 4.66. The second kappa shape index (κ2) is 9.57. The van der Waals surface area contributed by atoms with Crippen LogP contribution >= 0.6 is 0 Å². The van der Waals surface area contributed by atoms with Gasteiger partial charge in [0, 0.05) is 17.5 Å². The zero-order chi connectivity index (χ0) is 21.7. The molecule has 0 amide bonds. The molecule has 1 aliphatic rings. The van der Waals surface area contributed by atoms with Gasteiger partial charge >= 0.3 is 0 Å². The maximum atomic E-state index is 6.33. The normalized spacial score (nSPS) is 15.9. The van der Waals surface area contributed by atoms with Crippen molar-refractivity contribution >= 4 is 0 Å². The first-order valence-corrected chi connectivity index (χ1v) is 11.1. The Balaban J connectivity index is 1.56. The van der Waals surface area contributed by atoms with Crippen LogP contribution in [0.25, 0.3) is 0 Å². The molecule has 0 heterocycles. The first kappa shape index (κ1) is 21.5. The Kier molecular flexibility index (Phi) is 6.62. The summed E-state index contributed by atoms with van der Waals surface area (Å²) < 4.78 is 18.8. The van der Waals surface area contributed by atoms with E-state index in [-0.39, 0.29) is 11.7 Å². The second-order valence-corrected chi connectivity index (χ2v) is 9.16. The fraction of sp³-hybridized carbons (Fsp3) is 0.357. The zero-order valence-electron chi connectivity index (χ0n) is 18.8. The van der Waals surface area contributed by atoms with Crippen LogP contribution in [-0.4, -0.2) is 11.7 Å². The maximum Gasteiger partial charge on any atom is 0.123 e. The number of ether oxygens (including phenoxy) is 3. The lowest BCUT2D eigenvalue weighted by Crippen LogP contribution is -2.32. The third-order valence-electron chi connectivity index (χ3n) is 5.49. The monoisotopic (exact) mass is 416 g/mol. The number of hydrogen-bond donors (Lipinski definition) is 0. The van der Waals surface area contributed by atoms with Gasteiger partial charge in [-0.1, -0.05) is 60.7 Å². The zero-order valence-corrected chi connectivity index (χ0v) is 18.8. The molecular weight excluding hydrogens is 384 g/mol. The molecule has 3 heteroatoms. The molecule has 3 aromatic rings. The summed E-state index contributed by atoms with van der Waals surface area (Å²) >= 11 is 0. The fourth-order valence-electron chi connectivity index (χ4n) is 4.12. The lowest BCUT2D eigenvalue weighted by Gasteiger charge is -2.33. The molecule has 0 aromatic heterocycles. The van der Waals surface area contributed by atoms with Crippen LogP contribution in [0.2, 0.25) is 0 Å². The Morgan fingerprint density at radius 2 is 1.23 bits per heavy atom. The highest BCUT2D eigenvalue weighted by Gasteiger charge is 2.28. The lowest BCUT2D eigenvalue weighted by molar-refractivity contribution is -0.0647. The van der Waals surface area contributed by atoms with Crippen LogP contribution in [-0.2, 0) is 30.8 Å². The minimum atomic E-state index is -0.158. The van der Waals surface area contributed by atoms with Crippen molar-refractivity contribution in [2.45, 2.75) is 65.0 Å². The highest BCUT2D eigenvalue weighted by Crippen LogP contribution is 2.38. The van der Waals surface area contributed by atoms with Gasteiger partial charge < -0.3 is 14.2 Å². The highest BCUT2D eigenvalue weighted by atomic mass is 16.5. The maximum absolute atomic E-state index is 6.33. The molecule has 31 heavy (non-hydrogen) atoms. The standard InChI is InChI=1S/C28H32O3/c1-28(2,3)31-23-14-15-24-25(18-23)27(30-20-22-12-8-5-9-13-22)17-16-26(24)29-19-21-10-6-4-7-11-21/h4-13,16-17,23H,14-15,18-20H2,1-3H3. The molecule has 1 unspecified atom stereocenters. The van der Waals surface area contributed by atoms with Gasteiger partial charge in [-0.05, 0) is 56.9 Å². The quantitative estimate of drug-likeness (QED) is 0.439. The first-order chi connectivity index (χ1) is 15.0. The summed E-state index contributed by atoms with van der Waals surface area (Å²) in [7, 11) is 0. The number of hydrogen-bond acceptors (Lipinski definition) is 3. The van der Waals surface area contributed by atoms with Crippen LogP contribution in [0.4, 0.5) is 0 Å². The van der Waals surface area contributed by atoms with Gasteiger partial charge in [0.25, 0.3) is 0 Å². The summed E-state index contributed by atoms with van der Waals surface area (Å²) in [6.07, 6.45) is 2.96. The molecule has 0 bridgehead atoms.